The Hall–Kier alpha value is -2.53. The number of para-hydroxylation sites is 1. The Balaban J connectivity index is 1.94. The van der Waals surface area contributed by atoms with Crippen molar-refractivity contribution in [2.24, 2.45) is 0 Å². The molecule has 5 heteroatoms. The van der Waals surface area contributed by atoms with Crippen LogP contribution in [-0.2, 0) is 22.4 Å². The molecule has 1 unspecified atom stereocenters. The van der Waals surface area contributed by atoms with Crippen LogP contribution in [0.1, 0.15) is 37.8 Å². The number of carboxylic acids is 1. The number of unbranched alkanes of at least 4 members (excludes halogenated alkanes) is 1. The monoisotopic (exact) mass is 372 g/mol. The van der Waals surface area contributed by atoms with Crippen molar-refractivity contribution in [3.63, 3.8) is 0 Å². The molecule has 0 heterocycles. The van der Waals surface area contributed by atoms with Gasteiger partial charge in [0, 0.05) is 20.5 Å². The average Bonchev–Trinajstić information content (AvgIpc) is 2.66. The summed E-state index contributed by atoms with van der Waals surface area (Å²) in [4.78, 5) is 11.0. The summed E-state index contributed by atoms with van der Waals surface area (Å²) >= 11 is 0. The van der Waals surface area contributed by atoms with Crippen molar-refractivity contribution >= 4 is 5.97 Å². The van der Waals surface area contributed by atoms with Crippen molar-refractivity contribution in [1.29, 1.82) is 0 Å². The third kappa shape index (κ3) is 6.61. The minimum Gasteiger partial charge on any atom is -0.479 e. The van der Waals surface area contributed by atoms with E-state index in [-0.39, 0.29) is 0 Å². The van der Waals surface area contributed by atoms with Gasteiger partial charge in [-0.05, 0) is 42.2 Å². The smallest absolute Gasteiger partial charge is 0.333 e. The van der Waals surface area contributed by atoms with Gasteiger partial charge in [0.1, 0.15) is 11.5 Å². The number of methoxy groups -OCH3 is 1. The van der Waals surface area contributed by atoms with Gasteiger partial charge in [0.25, 0.3) is 0 Å². The number of benzene rings is 2. The van der Waals surface area contributed by atoms with Crippen LogP contribution < -0.4 is 9.47 Å². The van der Waals surface area contributed by atoms with Gasteiger partial charge in [-0.25, -0.2) is 4.79 Å². The van der Waals surface area contributed by atoms with E-state index in [9.17, 15) is 4.79 Å². The molecular formula is C22H28O5. The summed E-state index contributed by atoms with van der Waals surface area (Å²) in [5.74, 6) is 0.544. The molecule has 0 aromatic heterocycles. The average molecular weight is 372 g/mol. The van der Waals surface area contributed by atoms with Gasteiger partial charge in [0.05, 0.1) is 0 Å². The Bertz CT molecular complexity index is 711. The van der Waals surface area contributed by atoms with E-state index in [2.05, 4.69) is 13.0 Å². The second-order valence-electron chi connectivity index (χ2n) is 6.43. The number of rotatable bonds is 11. The van der Waals surface area contributed by atoms with Gasteiger partial charge in [-0.3, -0.25) is 0 Å². The number of aliphatic carboxylic acids is 1. The molecule has 0 spiro atoms. The summed E-state index contributed by atoms with van der Waals surface area (Å²) in [6.07, 6.45) is 2.26. The number of carbonyl (C=O) groups is 1. The van der Waals surface area contributed by atoms with E-state index in [1.165, 1.54) is 12.7 Å². The fraction of sp³-hybridized carbons (Fsp3) is 0.409. The highest BCUT2D eigenvalue weighted by molar-refractivity contribution is 5.72. The van der Waals surface area contributed by atoms with Crippen molar-refractivity contribution in [2.45, 2.75) is 51.9 Å². The SMILES string of the molecule is CCCCc1ccccc1OC(C)Oc1ccc(C[C@H](OC)C(=O)O)cc1. The summed E-state index contributed by atoms with van der Waals surface area (Å²) in [5.41, 5.74) is 2.06. The first-order valence-corrected chi connectivity index (χ1v) is 9.29. The molecule has 2 atom stereocenters. The van der Waals surface area contributed by atoms with Crippen LogP contribution in [0.3, 0.4) is 0 Å². The lowest BCUT2D eigenvalue weighted by atomic mass is 10.1. The zero-order valence-corrected chi connectivity index (χ0v) is 16.2. The second kappa shape index (κ2) is 10.6. The molecule has 0 saturated heterocycles. The second-order valence-corrected chi connectivity index (χ2v) is 6.43. The van der Waals surface area contributed by atoms with Crippen LogP contribution in [0.5, 0.6) is 11.5 Å². The first-order chi connectivity index (χ1) is 13.0. The Kier molecular flexibility index (Phi) is 8.14. The molecule has 0 aliphatic rings. The van der Waals surface area contributed by atoms with Gasteiger partial charge in [0.15, 0.2) is 6.10 Å². The van der Waals surface area contributed by atoms with Crippen molar-refractivity contribution in [3.8, 4) is 11.5 Å². The van der Waals surface area contributed by atoms with Crippen LogP contribution in [0.25, 0.3) is 0 Å². The van der Waals surface area contributed by atoms with Gasteiger partial charge >= 0.3 is 5.97 Å². The van der Waals surface area contributed by atoms with Crippen molar-refractivity contribution in [1.82, 2.24) is 0 Å². The lowest BCUT2D eigenvalue weighted by Crippen LogP contribution is -2.24. The fourth-order valence-electron chi connectivity index (χ4n) is 2.78. The van der Waals surface area contributed by atoms with Crippen molar-refractivity contribution in [2.75, 3.05) is 7.11 Å². The van der Waals surface area contributed by atoms with E-state index in [0.717, 1.165) is 30.6 Å². The number of hydrogen-bond acceptors (Lipinski definition) is 4. The molecule has 2 aromatic carbocycles. The zero-order valence-electron chi connectivity index (χ0n) is 16.2. The summed E-state index contributed by atoms with van der Waals surface area (Å²) in [7, 11) is 1.40. The molecule has 2 rings (SSSR count). The van der Waals surface area contributed by atoms with E-state index < -0.39 is 18.4 Å². The van der Waals surface area contributed by atoms with Gasteiger partial charge in [-0.15, -0.1) is 0 Å². The Morgan fingerprint density at radius 3 is 2.41 bits per heavy atom. The van der Waals surface area contributed by atoms with Crippen molar-refractivity contribution in [3.05, 3.63) is 59.7 Å². The zero-order chi connectivity index (χ0) is 19.6. The normalized spacial score (nSPS) is 13.0. The van der Waals surface area contributed by atoms with Crippen LogP contribution in [0.4, 0.5) is 0 Å². The van der Waals surface area contributed by atoms with Gasteiger partial charge in [0.2, 0.25) is 6.29 Å². The van der Waals surface area contributed by atoms with E-state index >= 15 is 0 Å². The van der Waals surface area contributed by atoms with E-state index in [0.29, 0.717) is 12.2 Å². The molecule has 0 aliphatic heterocycles. The predicted molar refractivity (Wildman–Crippen MR) is 104 cm³/mol. The number of carboxylic acid groups (broad SMARTS) is 1. The molecule has 146 valence electrons. The van der Waals surface area contributed by atoms with E-state index in [1.807, 2.05) is 49.4 Å². The first kappa shape index (κ1) is 20.8. The van der Waals surface area contributed by atoms with E-state index in [4.69, 9.17) is 19.3 Å². The Morgan fingerprint density at radius 2 is 1.78 bits per heavy atom. The predicted octanol–water partition coefficient (Wildman–Crippen LogP) is 4.48. The maximum Gasteiger partial charge on any atom is 0.333 e. The summed E-state index contributed by atoms with van der Waals surface area (Å²) in [6.45, 7) is 4.03. The van der Waals surface area contributed by atoms with Gasteiger partial charge < -0.3 is 19.3 Å². The highest BCUT2D eigenvalue weighted by atomic mass is 16.7. The van der Waals surface area contributed by atoms with Crippen LogP contribution in [-0.4, -0.2) is 30.6 Å². The van der Waals surface area contributed by atoms with E-state index in [1.54, 1.807) is 0 Å². The minimum absolute atomic E-state index is 0.309. The summed E-state index contributed by atoms with van der Waals surface area (Å²) < 4.78 is 16.8. The molecule has 1 N–H and O–H groups in total. The highest BCUT2D eigenvalue weighted by Gasteiger charge is 2.17. The summed E-state index contributed by atoms with van der Waals surface area (Å²) in [5, 5.41) is 9.06. The number of hydrogen-bond donors (Lipinski definition) is 1. The molecule has 0 amide bonds. The molecule has 27 heavy (non-hydrogen) atoms. The standard InChI is InChI=1S/C22H28O5/c1-4-5-8-18-9-6-7-10-20(18)27-16(2)26-19-13-11-17(12-14-19)15-21(25-3)22(23)24/h6-7,9-14,16,21H,4-5,8,15H2,1-3H3,(H,23,24)/t16?,21-/m0/s1. The maximum absolute atomic E-state index is 11.0. The number of ether oxygens (including phenoxy) is 3. The molecule has 0 aliphatic carbocycles. The fourth-order valence-corrected chi connectivity index (χ4v) is 2.78. The largest absolute Gasteiger partial charge is 0.479 e. The minimum atomic E-state index is -0.971. The highest BCUT2D eigenvalue weighted by Crippen LogP contribution is 2.23. The first-order valence-electron chi connectivity index (χ1n) is 9.29. The van der Waals surface area contributed by atoms with Crippen LogP contribution >= 0.6 is 0 Å². The van der Waals surface area contributed by atoms with Crippen LogP contribution in [0.15, 0.2) is 48.5 Å². The third-order valence-electron chi connectivity index (χ3n) is 4.27. The molecule has 5 nitrogen and oxygen atoms in total. The molecule has 0 saturated carbocycles. The number of aryl methyl sites for hydroxylation is 1. The molecule has 0 fully saturated rings. The Labute approximate surface area is 160 Å². The maximum atomic E-state index is 11.0. The molecule has 2 aromatic rings. The summed E-state index contributed by atoms with van der Waals surface area (Å²) in [6, 6.07) is 15.3. The molecule has 0 radical (unpaired) electrons. The van der Waals surface area contributed by atoms with Gasteiger partial charge in [-0.1, -0.05) is 43.7 Å². The van der Waals surface area contributed by atoms with Crippen LogP contribution in [0, 0.1) is 0 Å². The topological polar surface area (TPSA) is 65.0 Å². The van der Waals surface area contributed by atoms with Crippen molar-refractivity contribution < 1.29 is 24.1 Å². The third-order valence-corrected chi connectivity index (χ3v) is 4.27. The molecule has 0 bridgehead atoms. The van der Waals surface area contributed by atoms with Gasteiger partial charge in [-0.2, -0.15) is 0 Å². The molecular weight excluding hydrogens is 344 g/mol. The lowest BCUT2D eigenvalue weighted by Gasteiger charge is -2.19. The lowest BCUT2D eigenvalue weighted by molar-refractivity contribution is -0.148. The quantitative estimate of drug-likeness (QED) is 0.589. The Morgan fingerprint density at radius 1 is 1.07 bits per heavy atom. The van der Waals surface area contributed by atoms with Crippen LogP contribution in [0.2, 0.25) is 0 Å².